The van der Waals surface area contributed by atoms with E-state index in [1.807, 2.05) is 18.2 Å². The van der Waals surface area contributed by atoms with Crippen LogP contribution in [-0.2, 0) is 37.2 Å². The molecule has 2 aliphatic heterocycles. The summed E-state index contributed by atoms with van der Waals surface area (Å²) in [5.41, 5.74) is 4.12. The smallest absolute Gasteiger partial charge is 0.251 e. The predicted octanol–water partition coefficient (Wildman–Crippen LogP) is 4.78. The van der Waals surface area contributed by atoms with Crippen LogP contribution in [0.5, 0.6) is 5.75 Å². The molecule has 0 atom stereocenters. The van der Waals surface area contributed by atoms with Crippen LogP contribution in [0.15, 0.2) is 42.5 Å². The van der Waals surface area contributed by atoms with Gasteiger partial charge >= 0.3 is 0 Å². The molecule has 0 saturated carbocycles. The van der Waals surface area contributed by atoms with Crippen molar-refractivity contribution in [2.24, 2.45) is 5.92 Å². The fourth-order valence-electron chi connectivity index (χ4n) is 5.47. The zero-order valence-electron chi connectivity index (χ0n) is 24.0. The molecule has 214 valence electrons. The van der Waals surface area contributed by atoms with E-state index in [-0.39, 0.29) is 5.91 Å². The van der Waals surface area contributed by atoms with Crippen LogP contribution in [0, 0.1) is 5.92 Å². The zero-order chi connectivity index (χ0) is 27.7. The maximum absolute atomic E-state index is 13.2. The van der Waals surface area contributed by atoms with Crippen molar-refractivity contribution >= 4 is 5.91 Å². The zero-order valence-corrected chi connectivity index (χ0v) is 24.0. The second-order valence-corrected chi connectivity index (χ2v) is 11.4. The molecule has 0 spiro atoms. The Balaban J connectivity index is 1.31. The van der Waals surface area contributed by atoms with Gasteiger partial charge in [0.25, 0.3) is 5.91 Å². The second-order valence-electron chi connectivity index (χ2n) is 11.4. The topological polar surface area (TPSA) is 81.5 Å². The minimum absolute atomic E-state index is 0.119. The van der Waals surface area contributed by atoms with E-state index in [0.717, 1.165) is 68.4 Å². The summed E-state index contributed by atoms with van der Waals surface area (Å²) in [5, 5.41) is 11.8. The maximum Gasteiger partial charge on any atom is 0.251 e. The first-order valence-electron chi connectivity index (χ1n) is 14.9. The van der Waals surface area contributed by atoms with Crippen LogP contribution in [0.25, 0.3) is 0 Å². The van der Waals surface area contributed by atoms with Crippen molar-refractivity contribution in [3.05, 3.63) is 76.4 Å². The second kappa shape index (κ2) is 13.9. The van der Waals surface area contributed by atoms with Gasteiger partial charge in [0.05, 0.1) is 19.8 Å². The molecule has 0 fully saturated rings. The third kappa shape index (κ3) is 7.70. The molecule has 40 heavy (non-hydrogen) atoms. The first kappa shape index (κ1) is 28.3. The van der Waals surface area contributed by atoms with Crippen molar-refractivity contribution < 1.29 is 14.3 Å². The Hall–Kier alpha value is -3.23. The number of aryl methyl sites for hydroxylation is 1. The van der Waals surface area contributed by atoms with Crippen molar-refractivity contribution in [3.8, 4) is 5.75 Å². The molecule has 1 N–H and O–H groups in total. The van der Waals surface area contributed by atoms with Crippen LogP contribution in [0.4, 0.5) is 0 Å². The summed E-state index contributed by atoms with van der Waals surface area (Å²) in [6.45, 7) is 10.4. The number of nitrogens with zero attached hydrogens (tertiary/aromatic N) is 4. The Morgan fingerprint density at radius 2 is 1.90 bits per heavy atom. The number of benzene rings is 2. The van der Waals surface area contributed by atoms with Gasteiger partial charge in [-0.25, -0.2) is 0 Å². The summed E-state index contributed by atoms with van der Waals surface area (Å²) in [5.74, 6) is 3.20. The lowest BCUT2D eigenvalue weighted by Crippen LogP contribution is -2.29. The van der Waals surface area contributed by atoms with Gasteiger partial charge in [-0.3, -0.25) is 9.69 Å². The molecule has 0 unspecified atom stereocenters. The molecule has 2 bridgehead atoms. The third-order valence-electron chi connectivity index (χ3n) is 7.77. The van der Waals surface area contributed by atoms with Crippen LogP contribution in [0.1, 0.15) is 78.2 Å². The number of nitrogens with one attached hydrogen (secondary N) is 1. The summed E-state index contributed by atoms with van der Waals surface area (Å²) < 4.78 is 14.2. The van der Waals surface area contributed by atoms with Crippen molar-refractivity contribution in [1.82, 2.24) is 25.0 Å². The number of hydrogen-bond donors (Lipinski definition) is 1. The molecule has 0 radical (unpaired) electrons. The van der Waals surface area contributed by atoms with Gasteiger partial charge in [0, 0.05) is 38.0 Å². The summed E-state index contributed by atoms with van der Waals surface area (Å²) in [4.78, 5) is 15.7. The average molecular weight is 546 g/mol. The van der Waals surface area contributed by atoms with Crippen LogP contribution >= 0.6 is 0 Å². The SMILES string of the molecule is CC(C)CCN1CCOCCOc2ccc(C(=O)NCc3nnc4n3CCCCC4)cc2Cc2cccc(c2)C1. The first-order valence-corrected chi connectivity index (χ1v) is 14.9. The molecule has 2 aromatic carbocycles. The minimum atomic E-state index is -0.119. The predicted molar refractivity (Wildman–Crippen MR) is 155 cm³/mol. The summed E-state index contributed by atoms with van der Waals surface area (Å²) in [7, 11) is 0. The molecule has 1 amide bonds. The molecular formula is C32H43N5O3. The van der Waals surface area contributed by atoms with Crippen LogP contribution in [-0.4, -0.2) is 58.5 Å². The highest BCUT2D eigenvalue weighted by atomic mass is 16.5. The van der Waals surface area contributed by atoms with E-state index in [4.69, 9.17) is 9.47 Å². The van der Waals surface area contributed by atoms with E-state index in [1.54, 1.807) is 0 Å². The Morgan fingerprint density at radius 3 is 2.80 bits per heavy atom. The lowest BCUT2D eigenvalue weighted by molar-refractivity contribution is 0.0764. The van der Waals surface area contributed by atoms with Crippen LogP contribution in [0.2, 0.25) is 0 Å². The summed E-state index contributed by atoms with van der Waals surface area (Å²) >= 11 is 0. The number of carbonyl (C=O) groups is 1. The highest BCUT2D eigenvalue weighted by Gasteiger charge is 2.17. The molecular weight excluding hydrogens is 502 g/mol. The first-order chi connectivity index (χ1) is 19.5. The fourth-order valence-corrected chi connectivity index (χ4v) is 5.47. The average Bonchev–Trinajstić information content (AvgIpc) is 3.17. The number of aromatic nitrogens is 3. The number of fused-ring (bicyclic) bond motifs is 4. The molecule has 5 rings (SSSR count). The lowest BCUT2D eigenvalue weighted by Gasteiger charge is -2.24. The van der Waals surface area contributed by atoms with E-state index < -0.39 is 0 Å². The van der Waals surface area contributed by atoms with Gasteiger partial charge < -0.3 is 19.4 Å². The van der Waals surface area contributed by atoms with E-state index in [0.29, 0.717) is 44.3 Å². The quantitative estimate of drug-likeness (QED) is 0.480. The number of hydrogen-bond acceptors (Lipinski definition) is 6. The lowest BCUT2D eigenvalue weighted by atomic mass is 9.99. The van der Waals surface area contributed by atoms with E-state index in [9.17, 15) is 4.79 Å². The largest absolute Gasteiger partial charge is 0.491 e. The van der Waals surface area contributed by atoms with E-state index in [1.165, 1.54) is 24.0 Å². The van der Waals surface area contributed by atoms with Crippen molar-refractivity contribution in [2.45, 2.75) is 72.0 Å². The van der Waals surface area contributed by atoms with Crippen LogP contribution < -0.4 is 10.1 Å². The van der Waals surface area contributed by atoms with Crippen molar-refractivity contribution in [3.63, 3.8) is 0 Å². The number of ether oxygens (including phenoxy) is 2. The van der Waals surface area contributed by atoms with Gasteiger partial charge in [0.1, 0.15) is 18.2 Å². The summed E-state index contributed by atoms with van der Waals surface area (Å²) in [6, 6.07) is 14.5. The molecule has 0 aliphatic carbocycles. The molecule has 8 nitrogen and oxygen atoms in total. The minimum Gasteiger partial charge on any atom is -0.491 e. The van der Waals surface area contributed by atoms with E-state index >= 15 is 0 Å². The van der Waals surface area contributed by atoms with Gasteiger partial charge in [0.15, 0.2) is 5.82 Å². The van der Waals surface area contributed by atoms with Gasteiger partial charge in [-0.15, -0.1) is 10.2 Å². The summed E-state index contributed by atoms with van der Waals surface area (Å²) in [6.07, 6.45) is 6.29. The Morgan fingerprint density at radius 1 is 1.00 bits per heavy atom. The monoisotopic (exact) mass is 545 g/mol. The Bertz CT molecular complexity index is 1270. The van der Waals surface area contributed by atoms with Crippen molar-refractivity contribution in [1.29, 1.82) is 0 Å². The fraction of sp³-hybridized carbons (Fsp3) is 0.531. The number of carbonyl (C=O) groups excluding carboxylic acids is 1. The molecule has 1 aromatic heterocycles. The van der Waals surface area contributed by atoms with E-state index in [2.05, 4.69) is 63.1 Å². The highest BCUT2D eigenvalue weighted by molar-refractivity contribution is 5.94. The van der Waals surface area contributed by atoms with Gasteiger partial charge in [-0.05, 0) is 66.6 Å². The molecule has 8 heteroatoms. The maximum atomic E-state index is 13.2. The Labute approximate surface area is 238 Å². The Kier molecular flexibility index (Phi) is 9.84. The number of amides is 1. The van der Waals surface area contributed by atoms with Crippen LogP contribution in [0.3, 0.4) is 0 Å². The van der Waals surface area contributed by atoms with Gasteiger partial charge in [-0.1, -0.05) is 44.5 Å². The molecule has 2 aliphatic rings. The number of rotatable bonds is 6. The van der Waals surface area contributed by atoms with Gasteiger partial charge in [0.2, 0.25) is 0 Å². The molecule has 0 saturated heterocycles. The van der Waals surface area contributed by atoms with Crippen molar-refractivity contribution in [2.75, 3.05) is 32.9 Å². The standard InChI is InChI=1S/C32H43N5O3/c1-24(2)12-14-36-15-16-39-17-18-40-29-11-10-27(21-28(29)20-25-7-6-8-26(19-25)23-36)32(38)33-22-31-35-34-30-9-4-3-5-13-37(30)31/h6-8,10-11,19,21,24H,3-5,9,12-18,20,22-23H2,1-2H3,(H,33,38). The highest BCUT2D eigenvalue weighted by Crippen LogP contribution is 2.25. The normalized spacial score (nSPS) is 16.8. The third-order valence-corrected chi connectivity index (χ3v) is 7.77. The van der Waals surface area contributed by atoms with Gasteiger partial charge in [-0.2, -0.15) is 0 Å². The molecule has 3 heterocycles. The molecule has 3 aromatic rings.